The highest BCUT2D eigenvalue weighted by molar-refractivity contribution is 7.80. The van der Waals surface area contributed by atoms with Gasteiger partial charge in [-0.1, -0.05) is 38.0 Å². The number of aryl methyl sites for hydroxylation is 1. The molecule has 2 unspecified atom stereocenters. The van der Waals surface area contributed by atoms with Gasteiger partial charge in [0.15, 0.2) is 0 Å². The molecule has 0 spiro atoms. The minimum Gasteiger partial charge on any atom is -0.444 e. The van der Waals surface area contributed by atoms with E-state index in [-0.39, 0.29) is 11.7 Å². The molecule has 0 radical (unpaired) electrons. The Balaban J connectivity index is 3.47. The van der Waals surface area contributed by atoms with Crippen LogP contribution in [0.15, 0.2) is 18.2 Å². The van der Waals surface area contributed by atoms with Crippen molar-refractivity contribution in [2.24, 2.45) is 0 Å². The van der Waals surface area contributed by atoms with E-state index < -0.39 is 35.2 Å². The molecule has 2 N–H and O–H groups in total. The van der Waals surface area contributed by atoms with Crippen LogP contribution in [0.3, 0.4) is 0 Å². The molecule has 0 bridgehead atoms. The van der Waals surface area contributed by atoms with E-state index in [1.165, 1.54) is 0 Å². The molecular weight excluding hydrogens is 462 g/mol. The molecule has 0 aliphatic carbocycles. The monoisotopic (exact) mass is 507 g/mol. The van der Waals surface area contributed by atoms with Crippen LogP contribution in [0.4, 0.5) is 4.79 Å². The van der Waals surface area contributed by atoms with E-state index in [9.17, 15) is 14.4 Å². The summed E-state index contributed by atoms with van der Waals surface area (Å²) in [5.41, 5.74) is 1.31. The Bertz CT molecular complexity index is 874. The third kappa shape index (κ3) is 9.39. The number of carbonyl (C=O) groups excluding carboxylic acids is 3. The fourth-order valence-corrected chi connectivity index (χ4v) is 4.05. The molecule has 0 aromatic heterocycles. The molecule has 8 heteroatoms. The lowest BCUT2D eigenvalue weighted by Crippen LogP contribution is -2.59. The Kier molecular flexibility index (Phi) is 11.6. The highest BCUT2D eigenvalue weighted by Gasteiger charge is 2.42. The maximum Gasteiger partial charge on any atom is 0.408 e. The summed E-state index contributed by atoms with van der Waals surface area (Å²) in [6.07, 6.45) is 2.22. The molecular formula is C27H45N3O4S. The first kappa shape index (κ1) is 30.8. The first-order valence-electron chi connectivity index (χ1n) is 12.4. The van der Waals surface area contributed by atoms with Gasteiger partial charge in [0, 0.05) is 17.8 Å². The average Bonchev–Trinajstić information content (AvgIpc) is 2.72. The predicted molar refractivity (Wildman–Crippen MR) is 145 cm³/mol. The van der Waals surface area contributed by atoms with E-state index in [0.717, 1.165) is 36.0 Å². The molecule has 1 aromatic rings. The number of nitrogens with one attached hydrogen (secondary N) is 2. The minimum absolute atomic E-state index is 0.0578. The van der Waals surface area contributed by atoms with Gasteiger partial charge >= 0.3 is 6.09 Å². The quantitative estimate of drug-likeness (QED) is 0.304. The largest absolute Gasteiger partial charge is 0.444 e. The van der Waals surface area contributed by atoms with Crippen molar-refractivity contribution in [3.05, 3.63) is 34.9 Å². The van der Waals surface area contributed by atoms with E-state index in [0.29, 0.717) is 6.54 Å². The Morgan fingerprint density at radius 3 is 2.20 bits per heavy atom. The molecule has 0 saturated carbocycles. The molecule has 0 aliphatic heterocycles. The summed E-state index contributed by atoms with van der Waals surface area (Å²) in [6.45, 7) is 17.5. The molecule has 35 heavy (non-hydrogen) atoms. The smallest absolute Gasteiger partial charge is 0.408 e. The van der Waals surface area contributed by atoms with Crippen molar-refractivity contribution in [2.75, 3.05) is 12.3 Å². The maximum atomic E-state index is 13.9. The molecule has 0 aliphatic rings. The second kappa shape index (κ2) is 13.2. The van der Waals surface area contributed by atoms with Crippen molar-refractivity contribution in [1.29, 1.82) is 0 Å². The van der Waals surface area contributed by atoms with E-state index in [1.54, 1.807) is 25.7 Å². The number of alkyl carbamates (subject to hydrolysis) is 1. The number of rotatable bonds is 10. The van der Waals surface area contributed by atoms with Gasteiger partial charge in [0.2, 0.25) is 11.8 Å². The molecule has 1 aromatic carbocycles. The minimum atomic E-state index is -0.965. The van der Waals surface area contributed by atoms with Gasteiger partial charge in [0.05, 0.1) is 0 Å². The summed E-state index contributed by atoms with van der Waals surface area (Å²) >= 11 is 4.34. The highest BCUT2D eigenvalue weighted by atomic mass is 32.1. The number of ether oxygens (including phenoxy) is 1. The summed E-state index contributed by atoms with van der Waals surface area (Å²) in [5, 5.41) is 5.68. The Morgan fingerprint density at radius 2 is 1.69 bits per heavy atom. The SMILES string of the molecule is CCCCCNC(=O)C(c1cccc(C)c1C)N(C(=O)C(CS)NC(=O)OC(C)(C)C)C(C)(C)C. The van der Waals surface area contributed by atoms with Gasteiger partial charge in [0.25, 0.3) is 0 Å². The van der Waals surface area contributed by atoms with Gasteiger partial charge < -0.3 is 20.3 Å². The summed E-state index contributed by atoms with van der Waals surface area (Å²) in [4.78, 5) is 41.6. The normalized spacial score (nSPS) is 13.5. The predicted octanol–water partition coefficient (Wildman–Crippen LogP) is 5.10. The Labute approximate surface area is 217 Å². The second-order valence-electron chi connectivity index (χ2n) is 11.0. The number of thiol groups is 1. The van der Waals surface area contributed by atoms with Crippen molar-refractivity contribution in [1.82, 2.24) is 15.5 Å². The first-order valence-corrected chi connectivity index (χ1v) is 13.0. The number of hydrogen-bond acceptors (Lipinski definition) is 5. The number of hydrogen-bond donors (Lipinski definition) is 3. The lowest BCUT2D eigenvalue weighted by molar-refractivity contribution is -0.148. The van der Waals surface area contributed by atoms with E-state index >= 15 is 0 Å². The average molecular weight is 508 g/mol. The number of benzene rings is 1. The summed E-state index contributed by atoms with van der Waals surface area (Å²) in [5.74, 6) is -0.580. The topological polar surface area (TPSA) is 87.7 Å². The third-order valence-electron chi connectivity index (χ3n) is 5.66. The van der Waals surface area contributed by atoms with E-state index in [2.05, 4.69) is 30.2 Å². The van der Waals surface area contributed by atoms with Crippen LogP contribution in [0.2, 0.25) is 0 Å². The molecule has 3 amide bonds. The van der Waals surface area contributed by atoms with Crippen LogP contribution >= 0.6 is 12.6 Å². The fraction of sp³-hybridized carbons (Fsp3) is 0.667. The standard InChI is InChI=1S/C27H45N3O4S/c1-10-11-12-16-28-23(31)22(20-15-13-14-18(2)19(20)3)30(26(4,5)6)24(32)21(17-35)29-25(33)34-27(7,8)9/h13-15,21-22,35H,10-12,16-17H2,1-9H3,(H,28,31)(H,29,33). The van der Waals surface area contributed by atoms with Gasteiger partial charge in [-0.15, -0.1) is 0 Å². The number of carbonyl (C=O) groups is 3. The van der Waals surface area contributed by atoms with Crippen molar-refractivity contribution in [2.45, 2.75) is 105 Å². The molecule has 2 atom stereocenters. The van der Waals surface area contributed by atoms with Gasteiger partial charge in [-0.3, -0.25) is 9.59 Å². The van der Waals surface area contributed by atoms with Crippen LogP contribution in [-0.2, 0) is 14.3 Å². The van der Waals surface area contributed by atoms with Crippen LogP contribution in [0.1, 0.15) is 90.5 Å². The second-order valence-corrected chi connectivity index (χ2v) is 11.3. The zero-order chi connectivity index (χ0) is 27.0. The lowest BCUT2D eigenvalue weighted by atomic mass is 9.91. The van der Waals surface area contributed by atoms with E-state index in [1.807, 2.05) is 52.8 Å². The lowest BCUT2D eigenvalue weighted by Gasteiger charge is -2.43. The van der Waals surface area contributed by atoms with Crippen molar-refractivity contribution in [3.8, 4) is 0 Å². The molecule has 0 heterocycles. The van der Waals surface area contributed by atoms with Crippen LogP contribution in [0, 0.1) is 13.8 Å². The Morgan fingerprint density at radius 1 is 1.06 bits per heavy atom. The zero-order valence-corrected chi connectivity index (χ0v) is 23.8. The number of unbranched alkanes of at least 4 members (excludes halogenated alkanes) is 2. The molecule has 0 fully saturated rings. The summed E-state index contributed by atoms with van der Waals surface area (Å²) in [6, 6.07) is 3.94. The van der Waals surface area contributed by atoms with E-state index in [4.69, 9.17) is 4.74 Å². The van der Waals surface area contributed by atoms with Crippen LogP contribution < -0.4 is 10.6 Å². The van der Waals surface area contributed by atoms with Crippen LogP contribution in [0.5, 0.6) is 0 Å². The first-order chi connectivity index (χ1) is 16.1. The summed E-state index contributed by atoms with van der Waals surface area (Å²) in [7, 11) is 0. The van der Waals surface area contributed by atoms with Gasteiger partial charge in [-0.05, 0) is 78.5 Å². The molecule has 0 saturated heterocycles. The molecule has 7 nitrogen and oxygen atoms in total. The van der Waals surface area contributed by atoms with Crippen LogP contribution in [0.25, 0.3) is 0 Å². The fourth-order valence-electron chi connectivity index (χ4n) is 3.80. The number of nitrogens with zero attached hydrogens (tertiary/aromatic N) is 1. The zero-order valence-electron chi connectivity index (χ0n) is 22.9. The van der Waals surface area contributed by atoms with Gasteiger partial charge in [-0.25, -0.2) is 4.79 Å². The van der Waals surface area contributed by atoms with Crippen molar-refractivity contribution < 1.29 is 19.1 Å². The number of amides is 3. The van der Waals surface area contributed by atoms with Gasteiger partial charge in [0.1, 0.15) is 17.7 Å². The highest BCUT2D eigenvalue weighted by Crippen LogP contribution is 2.32. The third-order valence-corrected chi connectivity index (χ3v) is 6.02. The van der Waals surface area contributed by atoms with Crippen molar-refractivity contribution >= 4 is 30.5 Å². The molecule has 198 valence electrons. The van der Waals surface area contributed by atoms with Crippen molar-refractivity contribution in [3.63, 3.8) is 0 Å². The van der Waals surface area contributed by atoms with Gasteiger partial charge in [-0.2, -0.15) is 12.6 Å². The maximum absolute atomic E-state index is 13.9. The molecule has 1 rings (SSSR count). The van der Waals surface area contributed by atoms with Crippen LogP contribution in [-0.4, -0.2) is 52.3 Å². The summed E-state index contributed by atoms with van der Waals surface area (Å²) < 4.78 is 5.36. The Hall–Kier alpha value is -2.22.